The van der Waals surface area contributed by atoms with Crippen LogP contribution in [0.2, 0.25) is 0 Å². The first-order chi connectivity index (χ1) is 7.97. The molecule has 0 amide bonds. The fraction of sp³-hybridized carbons (Fsp3) is 0.500. The van der Waals surface area contributed by atoms with Crippen molar-refractivity contribution in [1.82, 2.24) is 4.98 Å². The van der Waals surface area contributed by atoms with Gasteiger partial charge in [-0.05, 0) is 24.5 Å². The van der Waals surface area contributed by atoms with E-state index in [1.165, 1.54) is 0 Å². The van der Waals surface area contributed by atoms with Crippen LogP contribution in [0.5, 0.6) is 0 Å². The van der Waals surface area contributed by atoms with Crippen LogP contribution in [0.1, 0.15) is 29.8 Å². The molecule has 0 aliphatic rings. The van der Waals surface area contributed by atoms with Crippen LogP contribution in [0.25, 0.3) is 0 Å². The van der Waals surface area contributed by atoms with E-state index in [9.17, 15) is 9.90 Å². The number of carboxylic acids is 1. The summed E-state index contributed by atoms with van der Waals surface area (Å²) in [7, 11) is 0. The van der Waals surface area contributed by atoms with Gasteiger partial charge in [-0.15, -0.1) is 0 Å². The number of aliphatic hydroxyl groups excluding tert-OH is 1. The second-order valence-electron chi connectivity index (χ2n) is 4.33. The number of nitrogens with zero attached hydrogens (tertiary/aromatic N) is 1. The molecule has 94 valence electrons. The molecule has 0 saturated heterocycles. The van der Waals surface area contributed by atoms with Crippen molar-refractivity contribution in [2.24, 2.45) is 5.92 Å². The fourth-order valence-electron chi connectivity index (χ4n) is 1.54. The molecule has 0 radical (unpaired) electrons. The summed E-state index contributed by atoms with van der Waals surface area (Å²) in [4.78, 5) is 15.2. The number of aromatic carboxylic acids is 1. The Morgan fingerprint density at radius 3 is 2.65 bits per heavy atom. The molecular weight excluding hydrogens is 220 g/mol. The maximum atomic E-state index is 11.1. The molecule has 1 aromatic rings. The van der Waals surface area contributed by atoms with Gasteiger partial charge < -0.3 is 15.5 Å². The molecule has 0 aliphatic carbocycles. The average molecular weight is 238 g/mol. The van der Waals surface area contributed by atoms with E-state index < -0.39 is 5.97 Å². The number of aryl methyl sites for hydroxylation is 1. The molecule has 5 heteroatoms. The minimum absolute atomic E-state index is 0.0631. The topological polar surface area (TPSA) is 82.5 Å². The molecule has 0 bridgehead atoms. The average Bonchev–Trinajstić information content (AvgIpc) is 2.24. The zero-order chi connectivity index (χ0) is 13.0. The Labute approximate surface area is 101 Å². The third-order valence-corrected chi connectivity index (χ3v) is 2.70. The summed E-state index contributed by atoms with van der Waals surface area (Å²) < 4.78 is 0. The van der Waals surface area contributed by atoms with Gasteiger partial charge in [-0.3, -0.25) is 0 Å². The number of carbonyl (C=O) groups is 1. The Kier molecular flexibility index (Phi) is 4.45. The highest BCUT2D eigenvalue weighted by Gasteiger charge is 2.18. The van der Waals surface area contributed by atoms with Crippen LogP contribution < -0.4 is 5.32 Å². The van der Waals surface area contributed by atoms with E-state index in [0.717, 1.165) is 0 Å². The molecule has 0 saturated carbocycles. The predicted octanol–water partition coefficient (Wildman–Crippen LogP) is 1.52. The lowest BCUT2D eigenvalue weighted by Crippen LogP contribution is -2.30. The molecule has 0 fully saturated rings. The van der Waals surface area contributed by atoms with Crippen LogP contribution in [0.15, 0.2) is 12.3 Å². The van der Waals surface area contributed by atoms with Crippen LogP contribution in [0.3, 0.4) is 0 Å². The molecular formula is C12H18N2O3. The standard InChI is InChI=1S/C12H18N2O3/c1-7(2)9(6-15)14-11-10(12(16)17)8(3)4-5-13-11/h4-5,7,9,15H,6H2,1-3H3,(H,13,14)(H,16,17). The van der Waals surface area contributed by atoms with Crippen LogP contribution in [0, 0.1) is 12.8 Å². The number of anilines is 1. The Bertz CT molecular complexity index is 405. The van der Waals surface area contributed by atoms with Crippen molar-refractivity contribution in [3.8, 4) is 0 Å². The number of carboxylic acid groups (broad SMARTS) is 1. The number of aromatic nitrogens is 1. The lowest BCUT2D eigenvalue weighted by atomic mass is 10.0. The third kappa shape index (κ3) is 3.17. The molecule has 17 heavy (non-hydrogen) atoms. The maximum Gasteiger partial charge on any atom is 0.339 e. The minimum Gasteiger partial charge on any atom is -0.478 e. The van der Waals surface area contributed by atoms with Crippen molar-refractivity contribution in [1.29, 1.82) is 0 Å². The van der Waals surface area contributed by atoms with Gasteiger partial charge in [0, 0.05) is 6.20 Å². The number of hydrogen-bond acceptors (Lipinski definition) is 4. The van der Waals surface area contributed by atoms with Crippen molar-refractivity contribution < 1.29 is 15.0 Å². The fourth-order valence-corrected chi connectivity index (χ4v) is 1.54. The van der Waals surface area contributed by atoms with Crippen molar-refractivity contribution >= 4 is 11.8 Å². The van der Waals surface area contributed by atoms with Gasteiger partial charge in [0.2, 0.25) is 0 Å². The second-order valence-corrected chi connectivity index (χ2v) is 4.33. The largest absolute Gasteiger partial charge is 0.478 e. The summed E-state index contributed by atoms with van der Waals surface area (Å²) in [5, 5.41) is 21.3. The highest BCUT2D eigenvalue weighted by molar-refractivity contribution is 5.94. The van der Waals surface area contributed by atoms with E-state index >= 15 is 0 Å². The lowest BCUT2D eigenvalue weighted by molar-refractivity contribution is 0.0696. The van der Waals surface area contributed by atoms with Gasteiger partial charge in [-0.25, -0.2) is 9.78 Å². The van der Waals surface area contributed by atoms with E-state index in [-0.39, 0.29) is 24.1 Å². The smallest absolute Gasteiger partial charge is 0.339 e. The summed E-state index contributed by atoms with van der Waals surface area (Å²) in [6.45, 7) is 5.56. The van der Waals surface area contributed by atoms with E-state index in [1.807, 2.05) is 13.8 Å². The van der Waals surface area contributed by atoms with E-state index in [2.05, 4.69) is 10.3 Å². The zero-order valence-corrected chi connectivity index (χ0v) is 10.3. The molecule has 3 N–H and O–H groups in total. The molecule has 5 nitrogen and oxygen atoms in total. The first kappa shape index (κ1) is 13.4. The first-order valence-electron chi connectivity index (χ1n) is 5.53. The van der Waals surface area contributed by atoms with Crippen LogP contribution in [-0.4, -0.2) is 33.8 Å². The van der Waals surface area contributed by atoms with Crippen molar-refractivity contribution in [2.75, 3.05) is 11.9 Å². The quantitative estimate of drug-likeness (QED) is 0.724. The van der Waals surface area contributed by atoms with Crippen molar-refractivity contribution in [3.63, 3.8) is 0 Å². The predicted molar refractivity (Wildman–Crippen MR) is 65.3 cm³/mol. The van der Waals surface area contributed by atoms with Crippen LogP contribution in [-0.2, 0) is 0 Å². The highest BCUT2D eigenvalue weighted by atomic mass is 16.4. The number of hydrogen-bond donors (Lipinski definition) is 3. The van der Waals surface area contributed by atoms with Gasteiger partial charge in [0.05, 0.1) is 12.6 Å². The molecule has 1 heterocycles. The first-order valence-corrected chi connectivity index (χ1v) is 5.53. The number of rotatable bonds is 5. The molecule has 0 aromatic carbocycles. The number of pyridine rings is 1. The monoisotopic (exact) mass is 238 g/mol. The molecule has 1 rings (SSSR count). The maximum absolute atomic E-state index is 11.1. The highest BCUT2D eigenvalue weighted by Crippen LogP contribution is 2.19. The molecule has 0 aliphatic heterocycles. The Hall–Kier alpha value is -1.62. The minimum atomic E-state index is -1.02. The van der Waals surface area contributed by atoms with Gasteiger partial charge in [0.15, 0.2) is 0 Å². The Morgan fingerprint density at radius 2 is 2.18 bits per heavy atom. The van der Waals surface area contributed by atoms with Gasteiger partial charge in [0.1, 0.15) is 11.4 Å². The molecule has 1 unspecified atom stereocenters. The molecule has 0 spiro atoms. The van der Waals surface area contributed by atoms with Gasteiger partial charge in [-0.1, -0.05) is 13.8 Å². The Balaban J connectivity index is 3.05. The number of nitrogens with one attached hydrogen (secondary N) is 1. The SMILES string of the molecule is Cc1ccnc(NC(CO)C(C)C)c1C(=O)O. The van der Waals surface area contributed by atoms with Crippen molar-refractivity contribution in [3.05, 3.63) is 23.4 Å². The van der Waals surface area contributed by atoms with E-state index in [4.69, 9.17) is 5.11 Å². The molecule has 1 aromatic heterocycles. The van der Waals surface area contributed by atoms with Gasteiger partial charge in [-0.2, -0.15) is 0 Å². The summed E-state index contributed by atoms with van der Waals surface area (Å²) in [6, 6.07) is 1.44. The summed E-state index contributed by atoms with van der Waals surface area (Å²) in [6.07, 6.45) is 1.55. The van der Waals surface area contributed by atoms with Gasteiger partial charge in [0.25, 0.3) is 0 Å². The summed E-state index contributed by atoms with van der Waals surface area (Å²) in [5.41, 5.74) is 0.807. The van der Waals surface area contributed by atoms with Gasteiger partial charge >= 0.3 is 5.97 Å². The number of aliphatic hydroxyl groups is 1. The van der Waals surface area contributed by atoms with Crippen LogP contribution >= 0.6 is 0 Å². The summed E-state index contributed by atoms with van der Waals surface area (Å²) >= 11 is 0. The third-order valence-electron chi connectivity index (χ3n) is 2.70. The van der Waals surface area contributed by atoms with Crippen LogP contribution in [0.4, 0.5) is 5.82 Å². The zero-order valence-electron chi connectivity index (χ0n) is 10.3. The Morgan fingerprint density at radius 1 is 1.53 bits per heavy atom. The van der Waals surface area contributed by atoms with E-state index in [1.54, 1.807) is 19.2 Å². The molecule has 1 atom stereocenters. The lowest BCUT2D eigenvalue weighted by Gasteiger charge is -2.21. The second kappa shape index (κ2) is 5.63. The normalized spacial score (nSPS) is 12.5. The summed E-state index contributed by atoms with van der Waals surface area (Å²) in [5.74, 6) is -0.521. The van der Waals surface area contributed by atoms with Crippen molar-refractivity contribution in [2.45, 2.75) is 26.8 Å². The van der Waals surface area contributed by atoms with E-state index in [0.29, 0.717) is 11.4 Å².